The number of aliphatic hydroxyl groups excluding tert-OH is 2. The van der Waals surface area contributed by atoms with Crippen LogP contribution >= 0.6 is 35.9 Å². The van der Waals surface area contributed by atoms with E-state index in [1.54, 1.807) is 13.8 Å². The van der Waals surface area contributed by atoms with Gasteiger partial charge in [0, 0.05) is 14.2 Å². The van der Waals surface area contributed by atoms with E-state index >= 15 is 0 Å². The van der Waals surface area contributed by atoms with Gasteiger partial charge in [0.05, 0.1) is 25.4 Å². The van der Waals surface area contributed by atoms with Gasteiger partial charge in [-0.1, -0.05) is 24.5 Å². The summed E-state index contributed by atoms with van der Waals surface area (Å²) < 4.78 is 38.7. The van der Waals surface area contributed by atoms with Crippen molar-refractivity contribution in [2.24, 2.45) is 0 Å². The monoisotopic (exact) mass is 530 g/mol. The molecule has 2 heterocycles. The molecule has 2 fully saturated rings. The molecule has 2 N–H and O–H groups in total. The van der Waals surface area contributed by atoms with Crippen molar-refractivity contribution in [1.29, 1.82) is 0 Å². The molecule has 0 aliphatic carbocycles. The summed E-state index contributed by atoms with van der Waals surface area (Å²) in [5.41, 5.74) is -5.94. The molecule has 2 saturated heterocycles. The van der Waals surface area contributed by atoms with Crippen molar-refractivity contribution in [2.45, 2.75) is 62.7 Å². The molecule has 0 amide bonds. The summed E-state index contributed by atoms with van der Waals surface area (Å²) in [5, 5.41) is 20.7. The van der Waals surface area contributed by atoms with E-state index in [0.717, 1.165) is 0 Å². The molecule has 0 saturated carbocycles. The fraction of sp³-hybridized carbons (Fsp3) is 1.00. The van der Waals surface area contributed by atoms with Crippen LogP contribution in [0.4, 0.5) is 0 Å². The Morgan fingerprint density at radius 1 is 0.862 bits per heavy atom. The van der Waals surface area contributed by atoms with Crippen LogP contribution < -0.4 is 0 Å². The molecular formula is C14H28O9P2S4. The lowest BCUT2D eigenvalue weighted by Gasteiger charge is -2.28. The lowest BCUT2D eigenvalue weighted by molar-refractivity contribution is -0.0269. The maximum atomic E-state index is 10.3. The average Bonchev–Trinajstić information content (AvgIpc) is 3.05. The third-order valence-electron chi connectivity index (χ3n) is 4.62. The minimum Gasteiger partial charge on any atom is -0.388 e. The number of ether oxygens (including phenoxy) is 3. The predicted molar refractivity (Wildman–Crippen MR) is 122 cm³/mol. The Morgan fingerprint density at radius 2 is 1.31 bits per heavy atom. The Bertz CT molecular complexity index is 644. The summed E-state index contributed by atoms with van der Waals surface area (Å²) >= 11 is 19.1. The zero-order valence-electron chi connectivity index (χ0n) is 16.4. The summed E-state index contributed by atoms with van der Waals surface area (Å²) in [7, 11) is 2.91. The van der Waals surface area contributed by atoms with Crippen molar-refractivity contribution in [1.82, 2.24) is 0 Å². The highest BCUT2D eigenvalue weighted by atomic mass is 32.9. The van der Waals surface area contributed by atoms with Crippen LogP contribution in [-0.4, -0.2) is 86.5 Å². The summed E-state index contributed by atoms with van der Waals surface area (Å²) in [6.45, 7) is 3.60. The predicted octanol–water partition coefficient (Wildman–Crippen LogP) is 1.67. The van der Waals surface area contributed by atoms with Crippen LogP contribution in [0.1, 0.15) is 13.8 Å². The molecule has 9 nitrogen and oxygen atoms in total. The van der Waals surface area contributed by atoms with Crippen molar-refractivity contribution < 1.29 is 42.5 Å². The van der Waals surface area contributed by atoms with E-state index in [-0.39, 0.29) is 13.2 Å². The Morgan fingerprint density at radius 3 is 1.76 bits per heavy atom. The maximum absolute atomic E-state index is 10.3. The molecule has 2 aliphatic heterocycles. The molecule has 0 bridgehead atoms. The van der Waals surface area contributed by atoms with Crippen LogP contribution in [0.3, 0.4) is 0 Å². The molecule has 0 aromatic rings. The SMILES string of the molecule is COC[C@H]1O[C@@H](C)C(O)[C@H]1OP(=S)(S)OC[C@H]1O[C@@H](C)C(O)[C@H]1OP(=S)(S)OC. The number of rotatable bonds is 10. The van der Waals surface area contributed by atoms with E-state index < -0.39 is 60.2 Å². The van der Waals surface area contributed by atoms with Gasteiger partial charge in [0.15, 0.2) is 0 Å². The summed E-state index contributed by atoms with van der Waals surface area (Å²) in [6, 6.07) is 0. The standard InChI is InChI=1S/C14H28O9P2S4/c1-7-11(15)13(9(20-7)5-17-3)23-25(28,29)19-6-10-14(12(16)8(2)21-10)22-24(26,27)18-4/h7-16H,5-6H2,1-4H3,(H,26,27)(H,28,29)/t7-,8-,9+,10+,11?,12?,13-,14-/m0/s1. The largest absolute Gasteiger partial charge is 0.388 e. The van der Waals surface area contributed by atoms with Gasteiger partial charge in [-0.3, -0.25) is 0 Å². The van der Waals surface area contributed by atoms with Gasteiger partial charge in [0.2, 0.25) is 11.4 Å². The van der Waals surface area contributed by atoms with Crippen molar-refractivity contribution in [3.05, 3.63) is 0 Å². The topological polar surface area (TPSA) is 105 Å². The first-order valence-electron chi connectivity index (χ1n) is 8.79. The Balaban J connectivity index is 2.00. The molecule has 15 heteroatoms. The molecule has 0 aromatic carbocycles. The van der Waals surface area contributed by atoms with Gasteiger partial charge in [0.25, 0.3) is 0 Å². The van der Waals surface area contributed by atoms with Crippen molar-refractivity contribution >= 4 is 59.5 Å². The number of hydrogen-bond acceptors (Lipinski definition) is 11. The van der Waals surface area contributed by atoms with Crippen molar-refractivity contribution in [3.8, 4) is 0 Å². The van der Waals surface area contributed by atoms with Gasteiger partial charge >= 0.3 is 0 Å². The number of thiol groups is 2. The van der Waals surface area contributed by atoms with Crippen molar-refractivity contribution in [2.75, 3.05) is 27.4 Å². The minimum atomic E-state index is -3.10. The maximum Gasteiger partial charge on any atom is 0.244 e. The molecule has 4 unspecified atom stereocenters. The summed E-state index contributed by atoms with van der Waals surface area (Å²) in [4.78, 5) is 0. The van der Waals surface area contributed by atoms with Crippen LogP contribution in [0.2, 0.25) is 0 Å². The molecule has 29 heavy (non-hydrogen) atoms. The quantitative estimate of drug-likeness (QED) is 0.245. The van der Waals surface area contributed by atoms with Gasteiger partial charge in [-0.05, 0) is 37.5 Å². The molecule has 172 valence electrons. The second-order valence-electron chi connectivity index (χ2n) is 6.75. The van der Waals surface area contributed by atoms with Gasteiger partial charge in [-0.25, -0.2) is 0 Å². The van der Waals surface area contributed by atoms with E-state index in [9.17, 15) is 10.2 Å². The molecule has 2 aliphatic rings. The third kappa shape index (κ3) is 7.31. The highest BCUT2D eigenvalue weighted by Gasteiger charge is 2.47. The van der Waals surface area contributed by atoms with Crippen LogP contribution in [0.25, 0.3) is 0 Å². The Kier molecular flexibility index (Phi) is 10.4. The zero-order chi connectivity index (χ0) is 22.0. The zero-order valence-corrected chi connectivity index (χ0v) is 21.6. The molecule has 0 aromatic heterocycles. The lowest BCUT2D eigenvalue weighted by atomic mass is 10.1. The van der Waals surface area contributed by atoms with Gasteiger partial charge in [-0.15, -0.1) is 0 Å². The first kappa shape index (κ1) is 26.9. The minimum absolute atomic E-state index is 0.0617. The van der Waals surface area contributed by atoms with Crippen molar-refractivity contribution in [3.63, 3.8) is 0 Å². The number of aliphatic hydroxyl groups is 2. The Hall–Kier alpha value is 1.64. The van der Waals surface area contributed by atoms with Crippen LogP contribution in [0.15, 0.2) is 0 Å². The Labute approximate surface area is 191 Å². The smallest absolute Gasteiger partial charge is 0.244 e. The first-order chi connectivity index (χ1) is 13.4. The van der Waals surface area contributed by atoms with Gasteiger partial charge in [0.1, 0.15) is 36.6 Å². The highest BCUT2D eigenvalue weighted by molar-refractivity contribution is 8.60. The molecule has 0 spiro atoms. The second kappa shape index (κ2) is 11.2. The van der Waals surface area contributed by atoms with E-state index in [0.29, 0.717) is 0 Å². The molecule has 10 atom stereocenters. The fourth-order valence-corrected chi connectivity index (χ4v) is 6.33. The summed E-state index contributed by atoms with van der Waals surface area (Å²) in [6.07, 6.45) is -5.52. The third-order valence-corrected chi connectivity index (χ3v) is 9.26. The van der Waals surface area contributed by atoms with E-state index in [2.05, 4.69) is 24.5 Å². The van der Waals surface area contributed by atoms with E-state index in [1.165, 1.54) is 14.2 Å². The first-order valence-corrected chi connectivity index (χ1v) is 16.4. The van der Waals surface area contributed by atoms with Crippen LogP contribution in [-0.2, 0) is 55.9 Å². The van der Waals surface area contributed by atoms with Gasteiger partial charge in [-0.2, -0.15) is 0 Å². The lowest BCUT2D eigenvalue weighted by Crippen LogP contribution is -2.37. The van der Waals surface area contributed by atoms with Gasteiger partial charge < -0.3 is 42.5 Å². The second-order valence-corrected chi connectivity index (χ2v) is 17.3. The van der Waals surface area contributed by atoms with E-state index in [1.807, 2.05) is 0 Å². The molecule has 0 radical (unpaired) electrons. The molecular weight excluding hydrogens is 502 g/mol. The van der Waals surface area contributed by atoms with Crippen LogP contribution in [0.5, 0.6) is 0 Å². The van der Waals surface area contributed by atoms with Crippen LogP contribution in [0, 0.1) is 0 Å². The highest BCUT2D eigenvalue weighted by Crippen LogP contribution is 2.58. The van der Waals surface area contributed by atoms with E-state index in [4.69, 9.17) is 55.9 Å². The number of methoxy groups -OCH3 is 1. The normalized spacial score (nSPS) is 41.9. The number of hydrogen-bond donors (Lipinski definition) is 4. The summed E-state index contributed by atoms with van der Waals surface area (Å²) in [5.74, 6) is 0. The molecule has 2 rings (SSSR count). The fourth-order valence-electron chi connectivity index (χ4n) is 3.08. The average molecular weight is 531 g/mol.